The van der Waals surface area contributed by atoms with E-state index in [4.69, 9.17) is 23.2 Å². The van der Waals surface area contributed by atoms with Crippen LogP contribution < -0.4 is 5.44 Å². The summed E-state index contributed by atoms with van der Waals surface area (Å²) in [6.07, 6.45) is 1.73. The molecule has 0 aliphatic carbocycles. The first-order valence-corrected chi connectivity index (χ1v) is 10.4. The van der Waals surface area contributed by atoms with E-state index in [0.29, 0.717) is 21.2 Å². The van der Waals surface area contributed by atoms with Crippen molar-refractivity contribution in [3.05, 3.63) is 52.3 Å². The number of hydrogen-bond acceptors (Lipinski definition) is 3. The van der Waals surface area contributed by atoms with E-state index >= 15 is 0 Å². The Bertz CT molecular complexity index is 949. The van der Waals surface area contributed by atoms with E-state index in [1.54, 1.807) is 19.5 Å². The lowest BCUT2D eigenvalue weighted by Gasteiger charge is -2.09. The maximum Gasteiger partial charge on any atom is 0.127 e. The smallest absolute Gasteiger partial charge is 0.127 e. The van der Waals surface area contributed by atoms with E-state index in [-0.39, 0.29) is 0 Å². The van der Waals surface area contributed by atoms with Crippen molar-refractivity contribution in [3.63, 3.8) is 0 Å². The average molecular weight is 365 g/mol. The SMILES string of the molecule is Cc1nc2ccc(-c3ccc(P(C)(C)=O)nc3)cc2c(Cl)c1Cl. The Hall–Kier alpha value is -1.41. The average Bonchev–Trinajstić information content (AvgIpc) is 2.52. The standard InChI is InChI=1S/C17H15Cl2N2OP/c1-10-16(18)17(19)13-8-11(4-6-14(13)21-10)12-5-7-15(20-9-12)23(2,3)22/h4-9H,1-3H3. The molecule has 0 unspecified atom stereocenters. The maximum atomic E-state index is 12.0. The lowest BCUT2D eigenvalue weighted by molar-refractivity contribution is 0.588. The number of benzene rings is 1. The Balaban J connectivity index is 2.12. The van der Waals surface area contributed by atoms with Gasteiger partial charge in [-0.15, -0.1) is 0 Å². The van der Waals surface area contributed by atoms with Crippen LogP contribution in [0.4, 0.5) is 0 Å². The van der Waals surface area contributed by atoms with Gasteiger partial charge < -0.3 is 4.57 Å². The van der Waals surface area contributed by atoms with Gasteiger partial charge in [0.2, 0.25) is 0 Å². The molecule has 3 aromatic rings. The molecule has 1 aromatic carbocycles. The fourth-order valence-electron chi connectivity index (χ4n) is 2.37. The number of halogens is 2. The zero-order valence-corrected chi connectivity index (χ0v) is 15.4. The first-order valence-electron chi connectivity index (χ1n) is 7.04. The maximum absolute atomic E-state index is 12.0. The van der Waals surface area contributed by atoms with Gasteiger partial charge in [-0.3, -0.25) is 9.97 Å². The van der Waals surface area contributed by atoms with Gasteiger partial charge in [0.1, 0.15) is 7.14 Å². The second kappa shape index (κ2) is 5.90. The summed E-state index contributed by atoms with van der Waals surface area (Å²) in [6, 6.07) is 9.55. The Morgan fingerprint density at radius 2 is 1.70 bits per heavy atom. The van der Waals surface area contributed by atoms with Crippen molar-refractivity contribution < 1.29 is 4.57 Å². The van der Waals surface area contributed by atoms with Crippen molar-refractivity contribution in [1.82, 2.24) is 9.97 Å². The Labute approximate surface area is 145 Å². The third-order valence-electron chi connectivity index (χ3n) is 3.66. The van der Waals surface area contributed by atoms with Crippen LogP contribution in [0, 0.1) is 6.92 Å². The lowest BCUT2D eigenvalue weighted by Crippen LogP contribution is -2.07. The fraction of sp³-hybridized carbons (Fsp3) is 0.176. The van der Waals surface area contributed by atoms with E-state index in [1.165, 1.54) is 0 Å². The molecule has 23 heavy (non-hydrogen) atoms. The van der Waals surface area contributed by atoms with Crippen LogP contribution in [0.25, 0.3) is 22.0 Å². The van der Waals surface area contributed by atoms with Crippen LogP contribution in [-0.4, -0.2) is 23.3 Å². The van der Waals surface area contributed by atoms with E-state index in [0.717, 1.165) is 22.0 Å². The van der Waals surface area contributed by atoms with Crippen LogP contribution in [0.2, 0.25) is 10.0 Å². The monoisotopic (exact) mass is 364 g/mol. The highest BCUT2D eigenvalue weighted by Crippen LogP contribution is 2.36. The topological polar surface area (TPSA) is 42.9 Å². The van der Waals surface area contributed by atoms with Gasteiger partial charge in [0.05, 0.1) is 26.7 Å². The lowest BCUT2D eigenvalue weighted by atomic mass is 10.0. The number of hydrogen-bond donors (Lipinski definition) is 0. The number of nitrogens with zero attached hydrogens (tertiary/aromatic N) is 2. The minimum atomic E-state index is -2.35. The summed E-state index contributed by atoms with van der Waals surface area (Å²) in [5.74, 6) is 0. The molecule has 0 aliphatic heterocycles. The van der Waals surface area contributed by atoms with Gasteiger partial charge in [0, 0.05) is 17.1 Å². The molecular weight excluding hydrogens is 350 g/mol. The molecule has 118 valence electrons. The molecule has 0 aliphatic rings. The molecule has 6 heteroatoms. The van der Waals surface area contributed by atoms with Crippen molar-refractivity contribution in [2.75, 3.05) is 13.3 Å². The molecule has 0 amide bonds. The molecular formula is C17H15Cl2N2OP. The van der Waals surface area contributed by atoms with Crippen molar-refractivity contribution in [2.45, 2.75) is 6.92 Å². The highest BCUT2D eigenvalue weighted by molar-refractivity contribution is 7.69. The van der Waals surface area contributed by atoms with E-state index in [1.807, 2.05) is 37.3 Å². The molecule has 3 rings (SSSR count). The molecule has 0 saturated carbocycles. The van der Waals surface area contributed by atoms with Gasteiger partial charge in [-0.1, -0.05) is 35.3 Å². The second-order valence-corrected chi connectivity index (χ2v) is 9.73. The molecule has 0 bridgehead atoms. The van der Waals surface area contributed by atoms with Crippen molar-refractivity contribution in [1.29, 1.82) is 0 Å². The number of aryl methyl sites for hydroxylation is 1. The predicted octanol–water partition coefficient (Wildman–Crippen LogP) is 5.16. The van der Waals surface area contributed by atoms with Crippen LogP contribution >= 0.6 is 30.3 Å². The molecule has 2 heterocycles. The summed E-state index contributed by atoms with van der Waals surface area (Å²) in [5, 5.41) is 1.79. The molecule has 0 atom stereocenters. The number of rotatable bonds is 2. The van der Waals surface area contributed by atoms with E-state index in [9.17, 15) is 4.57 Å². The van der Waals surface area contributed by atoms with E-state index in [2.05, 4.69) is 9.97 Å². The van der Waals surface area contributed by atoms with Gasteiger partial charge >= 0.3 is 0 Å². The molecule has 0 N–H and O–H groups in total. The van der Waals surface area contributed by atoms with Gasteiger partial charge in [0.15, 0.2) is 0 Å². The summed E-state index contributed by atoms with van der Waals surface area (Å²) in [7, 11) is -2.35. The van der Waals surface area contributed by atoms with Gasteiger partial charge in [-0.25, -0.2) is 0 Å². The summed E-state index contributed by atoms with van der Waals surface area (Å²) < 4.78 is 12.0. The third-order valence-corrected chi connectivity index (χ3v) is 5.98. The molecule has 0 radical (unpaired) electrons. The number of fused-ring (bicyclic) bond motifs is 1. The number of pyridine rings is 2. The zero-order valence-electron chi connectivity index (χ0n) is 13.0. The van der Waals surface area contributed by atoms with Gasteiger partial charge in [-0.05, 0) is 44.0 Å². The number of aromatic nitrogens is 2. The minimum Gasteiger partial charge on any atom is -0.318 e. The minimum absolute atomic E-state index is 0.475. The van der Waals surface area contributed by atoms with Crippen LogP contribution in [0.1, 0.15) is 5.69 Å². The first kappa shape index (κ1) is 16.4. The van der Waals surface area contributed by atoms with Crippen LogP contribution in [0.5, 0.6) is 0 Å². The van der Waals surface area contributed by atoms with Crippen LogP contribution in [-0.2, 0) is 4.57 Å². The van der Waals surface area contributed by atoms with Crippen LogP contribution in [0.15, 0.2) is 36.5 Å². The summed E-state index contributed by atoms with van der Waals surface area (Å²) in [5.41, 5.74) is 4.03. The fourth-order valence-corrected chi connectivity index (χ4v) is 3.57. The molecule has 3 nitrogen and oxygen atoms in total. The van der Waals surface area contributed by atoms with Crippen molar-refractivity contribution in [3.8, 4) is 11.1 Å². The molecule has 2 aromatic heterocycles. The normalized spacial score (nSPS) is 11.9. The molecule has 0 spiro atoms. The molecule has 0 fully saturated rings. The van der Waals surface area contributed by atoms with E-state index < -0.39 is 7.14 Å². The summed E-state index contributed by atoms with van der Waals surface area (Å²) in [4.78, 5) is 8.77. The summed E-state index contributed by atoms with van der Waals surface area (Å²) in [6.45, 7) is 5.25. The highest BCUT2D eigenvalue weighted by Gasteiger charge is 2.13. The van der Waals surface area contributed by atoms with Crippen LogP contribution in [0.3, 0.4) is 0 Å². The quantitative estimate of drug-likeness (QED) is 0.589. The Morgan fingerprint density at radius 1 is 1.00 bits per heavy atom. The first-order chi connectivity index (χ1) is 10.8. The molecule has 0 saturated heterocycles. The Kier molecular flexibility index (Phi) is 4.22. The predicted molar refractivity (Wildman–Crippen MR) is 98.8 cm³/mol. The van der Waals surface area contributed by atoms with Crippen molar-refractivity contribution in [2.24, 2.45) is 0 Å². The van der Waals surface area contributed by atoms with Gasteiger partial charge in [0.25, 0.3) is 0 Å². The zero-order chi connectivity index (χ0) is 16.8. The Morgan fingerprint density at radius 3 is 2.30 bits per heavy atom. The summed E-state index contributed by atoms with van der Waals surface area (Å²) >= 11 is 12.5. The largest absolute Gasteiger partial charge is 0.318 e. The highest BCUT2D eigenvalue weighted by atomic mass is 35.5. The third kappa shape index (κ3) is 3.14. The van der Waals surface area contributed by atoms with Crippen molar-refractivity contribution >= 4 is 46.7 Å². The second-order valence-electron chi connectivity index (χ2n) is 5.81. The van der Waals surface area contributed by atoms with Gasteiger partial charge in [-0.2, -0.15) is 0 Å².